The lowest BCUT2D eigenvalue weighted by molar-refractivity contribution is -0.116. The molecule has 2 aromatic rings. The average Bonchev–Trinajstić information content (AvgIpc) is 3.20. The number of rotatable bonds is 3. The average molecular weight is 372 g/mol. The molecule has 0 bridgehead atoms. The van der Waals surface area contributed by atoms with E-state index >= 15 is 0 Å². The van der Waals surface area contributed by atoms with Crippen LogP contribution < -0.4 is 16.0 Å². The molecule has 0 aliphatic carbocycles. The molecule has 0 unspecified atom stereocenters. The number of fused-ring (bicyclic) bond motifs is 1. The number of thiazole rings is 1. The van der Waals surface area contributed by atoms with Gasteiger partial charge in [0.1, 0.15) is 0 Å². The maximum atomic E-state index is 11.8. The summed E-state index contributed by atoms with van der Waals surface area (Å²) in [6, 6.07) is 6.00. The Labute approximate surface area is 153 Å². The lowest BCUT2D eigenvalue weighted by Gasteiger charge is -2.19. The minimum Gasteiger partial charge on any atom is -0.365 e. The minimum absolute atomic E-state index is 0.0382. The van der Waals surface area contributed by atoms with Crippen LogP contribution in [0, 0.1) is 0 Å². The molecule has 0 spiro atoms. The third kappa shape index (κ3) is 2.81. The van der Waals surface area contributed by atoms with Crippen LogP contribution in [0.2, 0.25) is 0 Å². The fourth-order valence-corrected chi connectivity index (χ4v) is 5.03. The van der Waals surface area contributed by atoms with Gasteiger partial charge < -0.3 is 16.0 Å². The fourth-order valence-electron chi connectivity index (χ4n) is 3.03. The van der Waals surface area contributed by atoms with Crippen molar-refractivity contribution in [3.05, 3.63) is 39.7 Å². The van der Waals surface area contributed by atoms with Gasteiger partial charge in [0.25, 0.3) is 5.91 Å². The number of aromatic nitrogens is 1. The second-order valence-electron chi connectivity index (χ2n) is 5.88. The van der Waals surface area contributed by atoms with E-state index in [0.29, 0.717) is 17.2 Å². The lowest BCUT2D eigenvalue weighted by atomic mass is 9.98. The first-order valence-corrected chi connectivity index (χ1v) is 9.70. The molecule has 3 N–H and O–H groups in total. The number of primary amides is 1. The maximum absolute atomic E-state index is 11.8. The summed E-state index contributed by atoms with van der Waals surface area (Å²) in [6.45, 7) is 1.88. The summed E-state index contributed by atoms with van der Waals surface area (Å²) >= 11 is 2.94. The second kappa shape index (κ2) is 6.20. The van der Waals surface area contributed by atoms with Gasteiger partial charge in [-0.15, -0.1) is 11.3 Å². The van der Waals surface area contributed by atoms with Crippen LogP contribution in [0.4, 0.5) is 10.8 Å². The smallest absolute Gasteiger partial charge is 0.256 e. The number of hydrogen-bond acceptors (Lipinski definition) is 6. The van der Waals surface area contributed by atoms with Crippen LogP contribution >= 0.6 is 23.1 Å². The zero-order valence-corrected chi connectivity index (χ0v) is 15.2. The van der Waals surface area contributed by atoms with Gasteiger partial charge in [-0.3, -0.25) is 9.59 Å². The highest BCUT2D eigenvalue weighted by Crippen LogP contribution is 2.40. The van der Waals surface area contributed by atoms with Crippen LogP contribution in [0.3, 0.4) is 0 Å². The molecule has 6 nitrogen and oxygen atoms in total. The van der Waals surface area contributed by atoms with Crippen molar-refractivity contribution >= 4 is 45.7 Å². The molecule has 8 heteroatoms. The minimum atomic E-state index is -0.401. The Bertz CT molecular complexity index is 919. The van der Waals surface area contributed by atoms with E-state index in [-0.39, 0.29) is 5.91 Å². The maximum Gasteiger partial charge on any atom is 0.256 e. The van der Waals surface area contributed by atoms with Crippen LogP contribution in [0.1, 0.15) is 18.9 Å². The predicted octanol–water partition coefficient (Wildman–Crippen LogP) is 2.92. The third-order valence-electron chi connectivity index (χ3n) is 4.33. The zero-order valence-electron chi connectivity index (χ0n) is 13.5. The van der Waals surface area contributed by atoms with Crippen LogP contribution in [0.5, 0.6) is 0 Å². The van der Waals surface area contributed by atoms with E-state index in [1.165, 1.54) is 23.1 Å². The van der Waals surface area contributed by atoms with E-state index in [1.807, 2.05) is 35.4 Å². The van der Waals surface area contributed by atoms with Gasteiger partial charge in [0.05, 0.1) is 22.2 Å². The van der Waals surface area contributed by atoms with Gasteiger partial charge in [-0.2, -0.15) is 0 Å². The highest BCUT2D eigenvalue weighted by molar-refractivity contribution is 8.04. The van der Waals surface area contributed by atoms with E-state index in [2.05, 4.69) is 5.32 Å². The molecule has 2 aliphatic rings. The van der Waals surface area contributed by atoms with Crippen LogP contribution in [0.15, 0.2) is 34.2 Å². The molecule has 4 rings (SSSR count). The molecular weight excluding hydrogens is 356 g/mol. The molecule has 2 amide bonds. The molecule has 25 heavy (non-hydrogen) atoms. The summed E-state index contributed by atoms with van der Waals surface area (Å²) < 4.78 is 0. The number of benzene rings is 1. The Kier molecular flexibility index (Phi) is 4.01. The van der Waals surface area contributed by atoms with E-state index in [9.17, 15) is 9.59 Å². The Morgan fingerprint density at radius 2 is 2.20 bits per heavy atom. The van der Waals surface area contributed by atoms with Crippen LogP contribution in [-0.2, 0) is 16.0 Å². The molecule has 0 saturated heterocycles. The number of nitrogens with one attached hydrogen (secondary N) is 1. The molecule has 1 aromatic carbocycles. The number of amides is 2. The van der Waals surface area contributed by atoms with Crippen molar-refractivity contribution in [1.82, 2.24) is 4.98 Å². The van der Waals surface area contributed by atoms with Gasteiger partial charge in [0.2, 0.25) is 5.91 Å². The zero-order chi connectivity index (χ0) is 17.6. The molecule has 128 valence electrons. The number of thioether (sulfide) groups is 1. The van der Waals surface area contributed by atoms with E-state index in [4.69, 9.17) is 10.7 Å². The number of aryl methyl sites for hydroxylation is 1. The Balaban J connectivity index is 1.70. The largest absolute Gasteiger partial charge is 0.365 e. The molecular formula is C17H16N4O2S2. The van der Waals surface area contributed by atoms with Gasteiger partial charge in [-0.25, -0.2) is 4.98 Å². The number of hydrogen-bond donors (Lipinski definition) is 2. The molecule has 1 aromatic heterocycles. The predicted molar refractivity (Wildman–Crippen MR) is 101 cm³/mol. The number of nitrogens with zero attached hydrogens (tertiary/aromatic N) is 2. The first kappa shape index (κ1) is 16.2. The summed E-state index contributed by atoms with van der Waals surface area (Å²) in [6.07, 6.45) is 1.27. The van der Waals surface area contributed by atoms with E-state index < -0.39 is 5.91 Å². The number of nitrogens with two attached hydrogens (primary N) is 1. The van der Waals surface area contributed by atoms with Crippen LogP contribution in [-0.4, -0.2) is 22.7 Å². The summed E-state index contributed by atoms with van der Waals surface area (Å²) in [5.74, 6) is 0.263. The number of anilines is 2. The SMILES string of the molecule is CC1=C(C(N)=O)SCN1c1nc(-c2cccc3c2NC(=O)CC3)cs1. The summed E-state index contributed by atoms with van der Waals surface area (Å²) in [7, 11) is 0. The van der Waals surface area contributed by atoms with Crippen molar-refractivity contribution in [3.8, 4) is 11.3 Å². The molecule has 3 heterocycles. The first-order valence-electron chi connectivity index (χ1n) is 7.83. The van der Waals surface area contributed by atoms with Gasteiger partial charge in [-0.1, -0.05) is 30.0 Å². The summed E-state index contributed by atoms with van der Waals surface area (Å²) in [4.78, 5) is 30.6. The molecule has 0 saturated carbocycles. The lowest BCUT2D eigenvalue weighted by Crippen LogP contribution is -2.19. The Hall–Kier alpha value is -2.32. The second-order valence-corrected chi connectivity index (χ2v) is 7.68. The molecule has 0 radical (unpaired) electrons. The third-order valence-corrected chi connectivity index (χ3v) is 6.37. The van der Waals surface area contributed by atoms with E-state index in [0.717, 1.165) is 39.8 Å². The van der Waals surface area contributed by atoms with Gasteiger partial charge in [0, 0.05) is 23.1 Å². The monoisotopic (exact) mass is 372 g/mol. The standard InChI is InChI=1S/C17H16N4O2S2/c1-9-15(16(18)23)25-8-21(9)17-19-12(7-24-17)11-4-2-3-10-5-6-13(22)20-14(10)11/h2-4,7H,5-6,8H2,1H3,(H2,18,23)(H,20,22). The van der Waals surface area contributed by atoms with Gasteiger partial charge >= 0.3 is 0 Å². The normalized spacial score (nSPS) is 16.8. The first-order chi connectivity index (χ1) is 12.0. The highest BCUT2D eigenvalue weighted by atomic mass is 32.2. The van der Waals surface area contributed by atoms with Crippen molar-refractivity contribution < 1.29 is 9.59 Å². The number of para-hydroxylation sites is 1. The van der Waals surface area contributed by atoms with Crippen molar-refractivity contribution in [2.45, 2.75) is 19.8 Å². The quantitative estimate of drug-likeness (QED) is 0.865. The number of carbonyl (C=O) groups excluding carboxylic acids is 2. The van der Waals surface area contributed by atoms with Crippen molar-refractivity contribution in [3.63, 3.8) is 0 Å². The summed E-state index contributed by atoms with van der Waals surface area (Å²) in [5.41, 5.74) is 9.99. The van der Waals surface area contributed by atoms with Crippen molar-refractivity contribution in [2.24, 2.45) is 5.73 Å². The number of allylic oxidation sites excluding steroid dienone is 1. The molecule has 0 fully saturated rings. The topological polar surface area (TPSA) is 88.3 Å². The number of carbonyl (C=O) groups is 2. The molecule has 2 aliphatic heterocycles. The Morgan fingerprint density at radius 1 is 1.36 bits per heavy atom. The van der Waals surface area contributed by atoms with Gasteiger partial charge in [-0.05, 0) is 18.9 Å². The van der Waals surface area contributed by atoms with E-state index in [1.54, 1.807) is 0 Å². The Morgan fingerprint density at radius 3 is 2.96 bits per heavy atom. The van der Waals surface area contributed by atoms with Crippen LogP contribution in [0.25, 0.3) is 11.3 Å². The van der Waals surface area contributed by atoms with Crippen molar-refractivity contribution in [2.75, 3.05) is 16.1 Å². The highest BCUT2D eigenvalue weighted by Gasteiger charge is 2.27. The van der Waals surface area contributed by atoms with Gasteiger partial charge in [0.15, 0.2) is 5.13 Å². The fraction of sp³-hybridized carbons (Fsp3) is 0.235. The summed E-state index contributed by atoms with van der Waals surface area (Å²) in [5, 5.41) is 5.77. The molecule has 0 atom stereocenters. The van der Waals surface area contributed by atoms with Crippen molar-refractivity contribution in [1.29, 1.82) is 0 Å².